The normalized spacial score (nSPS) is 18.3. The standard InChI is InChI=1S/C26H25F2N5O2/c1-14-9-17(7-8-29-14)22-13-33(12-15(2)35-22)23-11-20-25(30-16(3)32(4)26(20)34)24(31-23)19-6-5-18(27)10-21(19)28/h5-11,15,22H,12-13H2,1-4H3/t15-,22-/m0/s1. The molecule has 0 radical (unpaired) electrons. The van der Waals surface area contributed by atoms with Crippen molar-refractivity contribution in [2.45, 2.75) is 33.0 Å². The van der Waals surface area contributed by atoms with Crippen molar-refractivity contribution in [3.05, 3.63) is 81.7 Å². The van der Waals surface area contributed by atoms with Crippen LogP contribution < -0.4 is 10.5 Å². The van der Waals surface area contributed by atoms with Crippen LogP contribution in [0.2, 0.25) is 0 Å². The molecule has 2 atom stereocenters. The molecule has 4 aromatic rings. The number of aryl methyl sites for hydroxylation is 2. The van der Waals surface area contributed by atoms with Gasteiger partial charge in [0.05, 0.1) is 11.5 Å². The Labute approximate surface area is 201 Å². The van der Waals surface area contributed by atoms with E-state index in [1.807, 2.05) is 30.9 Å². The van der Waals surface area contributed by atoms with Crippen LogP contribution in [0.4, 0.5) is 14.6 Å². The highest BCUT2D eigenvalue weighted by Gasteiger charge is 2.29. The van der Waals surface area contributed by atoms with E-state index in [9.17, 15) is 13.6 Å². The molecule has 1 aliphatic heterocycles. The average molecular weight is 478 g/mol. The Bertz CT molecular complexity index is 1500. The van der Waals surface area contributed by atoms with Gasteiger partial charge in [-0.25, -0.2) is 18.7 Å². The highest BCUT2D eigenvalue weighted by molar-refractivity contribution is 5.93. The van der Waals surface area contributed by atoms with E-state index < -0.39 is 11.6 Å². The third-order valence-electron chi connectivity index (χ3n) is 6.34. The van der Waals surface area contributed by atoms with Gasteiger partial charge in [-0.05, 0) is 56.7 Å². The first kappa shape index (κ1) is 23.0. The van der Waals surface area contributed by atoms with Crippen LogP contribution in [-0.4, -0.2) is 38.7 Å². The van der Waals surface area contributed by atoms with Gasteiger partial charge in [-0.2, -0.15) is 0 Å². The first-order valence-electron chi connectivity index (χ1n) is 11.4. The first-order valence-corrected chi connectivity index (χ1v) is 11.4. The molecule has 0 unspecified atom stereocenters. The Hall–Kier alpha value is -3.72. The Morgan fingerprint density at radius 1 is 1.06 bits per heavy atom. The fourth-order valence-electron chi connectivity index (χ4n) is 4.49. The van der Waals surface area contributed by atoms with Crippen molar-refractivity contribution in [1.29, 1.82) is 0 Å². The molecular weight excluding hydrogens is 452 g/mol. The SMILES string of the molecule is Cc1cc([C@@H]2CN(c3cc4c(=O)n(C)c(C)nc4c(-c4ccc(F)cc4F)n3)C[C@H](C)O2)ccn1. The molecule has 0 amide bonds. The number of morpholine rings is 1. The molecule has 1 saturated heterocycles. The quantitative estimate of drug-likeness (QED) is 0.439. The molecule has 4 heterocycles. The van der Waals surface area contributed by atoms with Crippen molar-refractivity contribution < 1.29 is 13.5 Å². The predicted molar refractivity (Wildman–Crippen MR) is 129 cm³/mol. The summed E-state index contributed by atoms with van der Waals surface area (Å²) in [6.07, 6.45) is 1.40. The van der Waals surface area contributed by atoms with Gasteiger partial charge in [0, 0.05) is 43.7 Å². The summed E-state index contributed by atoms with van der Waals surface area (Å²) in [5.74, 6) is -0.486. The Balaban J connectivity index is 1.68. The fourth-order valence-corrected chi connectivity index (χ4v) is 4.49. The molecule has 35 heavy (non-hydrogen) atoms. The van der Waals surface area contributed by atoms with Crippen molar-refractivity contribution in [3.8, 4) is 11.3 Å². The summed E-state index contributed by atoms with van der Waals surface area (Å²) in [6.45, 7) is 6.61. The largest absolute Gasteiger partial charge is 0.367 e. The lowest BCUT2D eigenvalue weighted by atomic mass is 10.1. The molecule has 1 aliphatic rings. The van der Waals surface area contributed by atoms with E-state index in [1.165, 1.54) is 16.7 Å². The highest BCUT2D eigenvalue weighted by atomic mass is 19.1. The van der Waals surface area contributed by atoms with Gasteiger partial charge in [0.25, 0.3) is 5.56 Å². The Morgan fingerprint density at radius 3 is 2.60 bits per heavy atom. The minimum Gasteiger partial charge on any atom is -0.367 e. The van der Waals surface area contributed by atoms with Crippen LogP contribution in [-0.2, 0) is 11.8 Å². The van der Waals surface area contributed by atoms with Crippen LogP contribution in [0.1, 0.15) is 30.1 Å². The molecule has 0 saturated carbocycles. The summed E-state index contributed by atoms with van der Waals surface area (Å²) >= 11 is 0. The van der Waals surface area contributed by atoms with E-state index in [4.69, 9.17) is 9.72 Å². The summed E-state index contributed by atoms with van der Waals surface area (Å²) in [5, 5.41) is 0.317. The van der Waals surface area contributed by atoms with E-state index in [0.29, 0.717) is 30.1 Å². The lowest BCUT2D eigenvalue weighted by molar-refractivity contribution is -0.0176. The zero-order valence-electron chi connectivity index (χ0n) is 19.9. The third kappa shape index (κ3) is 4.27. The molecule has 7 nitrogen and oxygen atoms in total. The number of hydrogen-bond donors (Lipinski definition) is 0. The maximum Gasteiger partial charge on any atom is 0.261 e. The molecule has 0 spiro atoms. The number of ether oxygens (including phenoxy) is 1. The molecule has 0 aliphatic carbocycles. The zero-order valence-corrected chi connectivity index (χ0v) is 19.9. The average Bonchev–Trinajstić information content (AvgIpc) is 2.82. The minimum atomic E-state index is -0.767. The van der Waals surface area contributed by atoms with E-state index in [-0.39, 0.29) is 34.5 Å². The smallest absolute Gasteiger partial charge is 0.261 e. The van der Waals surface area contributed by atoms with Gasteiger partial charge in [0.1, 0.15) is 40.6 Å². The Kier molecular flexibility index (Phi) is 5.80. The summed E-state index contributed by atoms with van der Waals surface area (Å²) in [6, 6.07) is 8.91. The third-order valence-corrected chi connectivity index (χ3v) is 6.34. The topological polar surface area (TPSA) is 73.1 Å². The second-order valence-electron chi connectivity index (χ2n) is 8.94. The number of halogens is 2. The molecule has 9 heteroatoms. The number of rotatable bonds is 3. The van der Waals surface area contributed by atoms with Gasteiger partial charge in [-0.1, -0.05) is 0 Å². The second kappa shape index (κ2) is 8.81. The number of hydrogen-bond acceptors (Lipinski definition) is 6. The van der Waals surface area contributed by atoms with Crippen molar-refractivity contribution in [1.82, 2.24) is 19.5 Å². The van der Waals surface area contributed by atoms with Crippen molar-refractivity contribution in [2.75, 3.05) is 18.0 Å². The Morgan fingerprint density at radius 2 is 1.86 bits per heavy atom. The lowest BCUT2D eigenvalue weighted by Gasteiger charge is -2.38. The van der Waals surface area contributed by atoms with E-state index in [0.717, 1.165) is 17.3 Å². The van der Waals surface area contributed by atoms with Gasteiger partial charge in [-0.15, -0.1) is 0 Å². The number of nitrogens with zero attached hydrogens (tertiary/aromatic N) is 5. The van der Waals surface area contributed by atoms with Crippen molar-refractivity contribution in [3.63, 3.8) is 0 Å². The van der Waals surface area contributed by atoms with Gasteiger partial charge < -0.3 is 9.64 Å². The number of fused-ring (bicyclic) bond motifs is 1. The van der Waals surface area contributed by atoms with Gasteiger partial charge >= 0.3 is 0 Å². The predicted octanol–water partition coefficient (Wildman–Crippen LogP) is 4.25. The van der Waals surface area contributed by atoms with Crippen molar-refractivity contribution in [2.24, 2.45) is 7.05 Å². The number of aromatic nitrogens is 4. The van der Waals surface area contributed by atoms with Crippen LogP contribution in [0.15, 0.2) is 47.4 Å². The van der Waals surface area contributed by atoms with Crippen LogP contribution >= 0.6 is 0 Å². The zero-order chi connectivity index (χ0) is 24.9. The molecule has 5 rings (SSSR count). The number of anilines is 1. The molecule has 180 valence electrons. The molecule has 0 bridgehead atoms. The molecule has 3 aromatic heterocycles. The van der Waals surface area contributed by atoms with Gasteiger partial charge in [-0.3, -0.25) is 14.3 Å². The van der Waals surface area contributed by atoms with Crippen LogP contribution in [0.5, 0.6) is 0 Å². The fraction of sp³-hybridized carbons (Fsp3) is 0.308. The monoisotopic (exact) mass is 477 g/mol. The van der Waals surface area contributed by atoms with E-state index in [1.54, 1.807) is 26.2 Å². The summed E-state index contributed by atoms with van der Waals surface area (Å²) < 4.78 is 36.2. The second-order valence-corrected chi connectivity index (χ2v) is 8.94. The van der Waals surface area contributed by atoms with Gasteiger partial charge in [0.2, 0.25) is 0 Å². The van der Waals surface area contributed by atoms with E-state index >= 15 is 0 Å². The number of pyridine rings is 2. The highest BCUT2D eigenvalue weighted by Crippen LogP contribution is 2.33. The number of benzene rings is 1. The van der Waals surface area contributed by atoms with Crippen LogP contribution in [0, 0.1) is 25.5 Å². The van der Waals surface area contributed by atoms with Crippen LogP contribution in [0.3, 0.4) is 0 Å². The van der Waals surface area contributed by atoms with E-state index in [2.05, 4.69) is 9.97 Å². The summed E-state index contributed by atoms with van der Waals surface area (Å²) in [5.41, 5.74) is 2.18. The molecule has 1 aromatic carbocycles. The van der Waals surface area contributed by atoms with Crippen LogP contribution in [0.25, 0.3) is 22.2 Å². The lowest BCUT2D eigenvalue weighted by Crippen LogP contribution is -2.43. The maximum absolute atomic E-state index is 14.9. The minimum absolute atomic E-state index is 0.0843. The summed E-state index contributed by atoms with van der Waals surface area (Å²) in [4.78, 5) is 28.8. The maximum atomic E-state index is 14.9. The van der Waals surface area contributed by atoms with Gasteiger partial charge in [0.15, 0.2) is 0 Å². The summed E-state index contributed by atoms with van der Waals surface area (Å²) in [7, 11) is 1.64. The van der Waals surface area contributed by atoms with Crippen molar-refractivity contribution >= 4 is 16.7 Å². The molecule has 1 fully saturated rings. The first-order chi connectivity index (χ1) is 16.7. The molecular formula is C26H25F2N5O2. The molecule has 0 N–H and O–H groups in total.